The van der Waals surface area contributed by atoms with E-state index in [1.807, 2.05) is 13.0 Å². The van der Waals surface area contributed by atoms with Crippen molar-refractivity contribution in [2.75, 3.05) is 5.32 Å². The van der Waals surface area contributed by atoms with Crippen molar-refractivity contribution in [1.82, 2.24) is 0 Å². The minimum Gasteiger partial charge on any atom is -0.326 e. The number of benzene rings is 2. The molecule has 1 N–H and O–H groups in total. The molecular formula is C28H29F4NO. The van der Waals surface area contributed by atoms with Crippen molar-refractivity contribution in [3.8, 4) is 0 Å². The quantitative estimate of drug-likeness (QED) is 0.528. The predicted octanol–water partition coefficient (Wildman–Crippen LogP) is 6.21. The van der Waals surface area contributed by atoms with Crippen molar-refractivity contribution in [2.45, 2.75) is 51.6 Å². The smallest absolute Gasteiger partial charge is 0.326 e. The minimum atomic E-state index is -4.39. The number of anilines is 1. The first-order valence-corrected chi connectivity index (χ1v) is 11.7. The van der Waals surface area contributed by atoms with Crippen LogP contribution in [0.15, 0.2) is 54.6 Å². The van der Waals surface area contributed by atoms with Crippen LogP contribution in [0.25, 0.3) is 12.2 Å². The summed E-state index contributed by atoms with van der Waals surface area (Å²) < 4.78 is 52.1. The lowest BCUT2D eigenvalue weighted by molar-refractivity contribution is -0.137. The molecule has 0 bridgehead atoms. The highest BCUT2D eigenvalue weighted by Gasteiger charge is 2.48. The molecule has 0 aromatic heterocycles. The average molecular weight is 472 g/mol. The van der Waals surface area contributed by atoms with Crippen LogP contribution in [0.1, 0.15) is 51.0 Å². The Balaban J connectivity index is 1.37. The highest BCUT2D eigenvalue weighted by Crippen LogP contribution is 2.56. The fraction of sp³-hybridized carbons (Fsp3) is 0.393. The largest absolute Gasteiger partial charge is 0.416 e. The first kappa shape index (κ1) is 24.2. The molecule has 1 amide bonds. The Bertz CT molecular complexity index is 1180. The molecule has 180 valence electrons. The van der Waals surface area contributed by atoms with Gasteiger partial charge in [0.2, 0.25) is 5.91 Å². The van der Waals surface area contributed by atoms with Crippen molar-refractivity contribution in [1.29, 1.82) is 0 Å². The van der Waals surface area contributed by atoms with Gasteiger partial charge in [0.1, 0.15) is 5.82 Å². The highest BCUT2D eigenvalue weighted by molar-refractivity contribution is 5.93. The number of amides is 1. The molecule has 2 aromatic rings. The maximum absolute atomic E-state index is 13.9. The zero-order valence-electron chi connectivity index (χ0n) is 19.2. The number of alkyl halides is 3. The van der Waals surface area contributed by atoms with Crippen LogP contribution in [-0.4, -0.2) is 5.91 Å². The topological polar surface area (TPSA) is 29.1 Å². The first-order chi connectivity index (χ1) is 16.1. The van der Waals surface area contributed by atoms with Gasteiger partial charge in [0, 0.05) is 11.6 Å². The lowest BCUT2D eigenvalue weighted by atomic mass is 9.54. The zero-order valence-corrected chi connectivity index (χ0v) is 19.2. The van der Waals surface area contributed by atoms with Crippen molar-refractivity contribution >= 4 is 23.7 Å². The molecule has 6 heteroatoms. The van der Waals surface area contributed by atoms with Crippen LogP contribution in [0.2, 0.25) is 0 Å². The first-order valence-electron chi connectivity index (χ1n) is 11.7. The van der Waals surface area contributed by atoms with E-state index in [1.165, 1.54) is 18.2 Å². The molecule has 2 aromatic carbocycles. The fourth-order valence-corrected chi connectivity index (χ4v) is 5.55. The van der Waals surface area contributed by atoms with Gasteiger partial charge in [-0.3, -0.25) is 4.79 Å². The predicted molar refractivity (Wildman–Crippen MR) is 127 cm³/mol. The molecule has 0 aliphatic heterocycles. The van der Waals surface area contributed by atoms with E-state index in [-0.39, 0.29) is 23.1 Å². The summed E-state index contributed by atoms with van der Waals surface area (Å²) in [7, 11) is 0. The van der Waals surface area contributed by atoms with Crippen LogP contribution in [-0.2, 0) is 11.0 Å². The summed E-state index contributed by atoms with van der Waals surface area (Å²) >= 11 is 0. The van der Waals surface area contributed by atoms with Gasteiger partial charge in [0.05, 0.1) is 5.56 Å². The van der Waals surface area contributed by atoms with Gasteiger partial charge in [0.25, 0.3) is 0 Å². The normalized spacial score (nSPS) is 25.8. The number of nitrogens with one attached hydrogen (secondary N) is 1. The number of hydrogen-bond donors (Lipinski definition) is 1. The number of carbonyl (C=O) groups is 1. The maximum atomic E-state index is 13.9. The Morgan fingerprint density at radius 3 is 2.29 bits per heavy atom. The zero-order chi connectivity index (χ0) is 24.5. The molecule has 0 heterocycles. The fourth-order valence-electron chi connectivity index (χ4n) is 5.55. The monoisotopic (exact) mass is 471 g/mol. The molecular weight excluding hydrogens is 442 g/mol. The maximum Gasteiger partial charge on any atom is 0.416 e. The third-order valence-electron chi connectivity index (χ3n) is 7.42. The van der Waals surface area contributed by atoms with Crippen LogP contribution in [0.4, 0.5) is 23.2 Å². The van der Waals surface area contributed by atoms with Crippen molar-refractivity contribution in [3.63, 3.8) is 0 Å². The number of rotatable bonds is 4. The van der Waals surface area contributed by atoms with E-state index < -0.39 is 11.7 Å². The molecule has 2 aliphatic rings. The Kier molecular flexibility index (Phi) is 6.70. The van der Waals surface area contributed by atoms with Crippen LogP contribution < -0.4 is 15.8 Å². The molecule has 2 saturated carbocycles. The Labute approximate surface area is 197 Å². The Hall–Kier alpha value is -2.89. The van der Waals surface area contributed by atoms with E-state index >= 15 is 0 Å². The van der Waals surface area contributed by atoms with Crippen LogP contribution in [0, 0.1) is 23.1 Å². The average Bonchev–Trinajstić information content (AvgIpc) is 2.77. The van der Waals surface area contributed by atoms with E-state index in [9.17, 15) is 22.4 Å². The van der Waals surface area contributed by atoms with Gasteiger partial charge in [-0.1, -0.05) is 24.8 Å². The van der Waals surface area contributed by atoms with E-state index in [4.69, 9.17) is 0 Å². The van der Waals surface area contributed by atoms with Gasteiger partial charge in [-0.05, 0) is 109 Å². The van der Waals surface area contributed by atoms with Crippen molar-refractivity contribution in [2.24, 2.45) is 17.3 Å². The second kappa shape index (κ2) is 9.40. The summed E-state index contributed by atoms with van der Waals surface area (Å²) in [4.78, 5) is 12.6. The SMILES string of the molecule is C=c1ccc(F)c/c1=C(/C=C\C)C1CCC2(CC1)CC(C(=O)Nc1ccc(C(F)(F)F)cc1)C2. The van der Waals surface area contributed by atoms with E-state index in [0.717, 1.165) is 66.7 Å². The van der Waals surface area contributed by atoms with E-state index in [2.05, 4.69) is 18.0 Å². The van der Waals surface area contributed by atoms with Crippen LogP contribution in [0.3, 0.4) is 0 Å². The second-order valence-corrected chi connectivity index (χ2v) is 9.70. The van der Waals surface area contributed by atoms with Crippen molar-refractivity contribution < 1.29 is 22.4 Å². The lowest BCUT2D eigenvalue weighted by Crippen LogP contribution is -2.45. The van der Waals surface area contributed by atoms with Gasteiger partial charge >= 0.3 is 6.18 Å². The Morgan fingerprint density at radius 2 is 1.71 bits per heavy atom. The van der Waals surface area contributed by atoms with Crippen LogP contribution >= 0.6 is 0 Å². The second-order valence-electron chi connectivity index (χ2n) is 9.70. The van der Waals surface area contributed by atoms with E-state index in [1.54, 1.807) is 12.1 Å². The summed E-state index contributed by atoms with van der Waals surface area (Å²) in [6.07, 6.45) is 5.20. The molecule has 4 rings (SSSR count). The summed E-state index contributed by atoms with van der Waals surface area (Å²) in [5.74, 6) is -0.190. The van der Waals surface area contributed by atoms with Gasteiger partial charge in [-0.25, -0.2) is 4.39 Å². The summed E-state index contributed by atoms with van der Waals surface area (Å²) in [5, 5.41) is 4.44. The molecule has 2 fully saturated rings. The van der Waals surface area contributed by atoms with Gasteiger partial charge in [0.15, 0.2) is 0 Å². The summed E-state index contributed by atoms with van der Waals surface area (Å²) in [6.45, 7) is 6.03. The van der Waals surface area contributed by atoms with Crippen molar-refractivity contribution in [3.05, 3.63) is 76.4 Å². The van der Waals surface area contributed by atoms with Gasteiger partial charge in [-0.15, -0.1) is 0 Å². The van der Waals surface area contributed by atoms with Crippen LogP contribution in [0.5, 0.6) is 0 Å². The van der Waals surface area contributed by atoms with E-state index in [0.29, 0.717) is 11.6 Å². The Morgan fingerprint density at radius 1 is 1.06 bits per heavy atom. The third kappa shape index (κ3) is 5.11. The number of hydrogen-bond acceptors (Lipinski definition) is 1. The minimum absolute atomic E-state index is 0.118. The molecule has 2 nitrogen and oxygen atoms in total. The third-order valence-corrected chi connectivity index (χ3v) is 7.42. The molecule has 1 spiro atoms. The molecule has 34 heavy (non-hydrogen) atoms. The molecule has 0 unspecified atom stereocenters. The molecule has 0 saturated heterocycles. The molecule has 2 aliphatic carbocycles. The number of allylic oxidation sites excluding steroid dienone is 2. The number of carbonyl (C=O) groups excluding carboxylic acids is 1. The van der Waals surface area contributed by atoms with Gasteiger partial charge in [-0.2, -0.15) is 13.2 Å². The standard InChI is InChI=1S/C28H29F4NO/c1-3-4-24(25-15-22(29)8-5-18(25)2)19-11-13-27(14-12-19)16-20(17-27)26(34)33-23-9-6-21(7-10-23)28(30,31)32/h3-10,15,19-20H,2,11-14,16-17H2,1H3,(H,33,34)/b4-3-,25-24+. The molecule has 0 atom stereocenters. The van der Waals surface area contributed by atoms with Gasteiger partial charge < -0.3 is 5.32 Å². The highest BCUT2D eigenvalue weighted by atomic mass is 19.4. The summed E-state index contributed by atoms with van der Waals surface area (Å²) in [6, 6.07) is 9.25. The summed E-state index contributed by atoms with van der Waals surface area (Å²) in [5.41, 5.74) is 0.919. The lowest BCUT2D eigenvalue weighted by Gasteiger charge is -2.51. The molecule has 0 radical (unpaired) electrons. The number of halogens is 4.